The molecule has 1 heterocycles. The second-order valence-corrected chi connectivity index (χ2v) is 7.19. The van der Waals surface area contributed by atoms with Crippen LogP contribution in [-0.4, -0.2) is 36.7 Å². The number of anilines is 1. The minimum atomic E-state index is -3.54. The Morgan fingerprint density at radius 2 is 2.04 bits per heavy atom. The molecule has 26 heavy (non-hydrogen) atoms. The molecule has 1 aromatic rings. The highest BCUT2D eigenvalue weighted by molar-refractivity contribution is 5.96. The van der Waals surface area contributed by atoms with E-state index in [-0.39, 0.29) is 18.1 Å². The number of alkyl halides is 2. The Morgan fingerprint density at radius 1 is 1.38 bits per heavy atom. The summed E-state index contributed by atoms with van der Waals surface area (Å²) in [6, 6.07) is 3.36. The summed E-state index contributed by atoms with van der Waals surface area (Å²) in [5, 5.41) is 2.29. The maximum atomic E-state index is 14.7. The highest BCUT2D eigenvalue weighted by Gasteiger charge is 2.54. The molecular weight excluding hydrogens is 351 g/mol. The molecule has 0 aromatic heterocycles. The summed E-state index contributed by atoms with van der Waals surface area (Å²) in [5.74, 6) is -4.62. The van der Waals surface area contributed by atoms with Crippen molar-refractivity contribution in [3.05, 3.63) is 29.6 Å². The van der Waals surface area contributed by atoms with Gasteiger partial charge in [-0.05, 0) is 45.9 Å². The van der Waals surface area contributed by atoms with Crippen molar-refractivity contribution in [2.24, 2.45) is 4.99 Å². The highest BCUT2D eigenvalue weighted by Crippen LogP contribution is 2.44. The molecule has 6 nitrogen and oxygen atoms in total. The number of nitrogens with two attached hydrogens (primary N) is 1. The molecule has 144 valence electrons. The van der Waals surface area contributed by atoms with Gasteiger partial charge in [-0.2, -0.15) is 0 Å². The van der Waals surface area contributed by atoms with Gasteiger partial charge in [-0.3, -0.25) is 10.3 Å². The summed E-state index contributed by atoms with van der Waals surface area (Å²) in [5.41, 5.74) is 2.23. The van der Waals surface area contributed by atoms with Crippen molar-refractivity contribution in [1.29, 1.82) is 0 Å². The molecule has 1 aromatic carbocycles. The van der Waals surface area contributed by atoms with Gasteiger partial charge >= 0.3 is 6.09 Å². The number of hydrogen-bond acceptors (Lipinski definition) is 5. The van der Waals surface area contributed by atoms with Crippen LogP contribution in [0.15, 0.2) is 23.2 Å². The van der Waals surface area contributed by atoms with E-state index >= 15 is 0 Å². The van der Waals surface area contributed by atoms with Gasteiger partial charge in [0, 0.05) is 11.3 Å². The lowest BCUT2D eigenvalue weighted by atomic mass is 9.85. The maximum absolute atomic E-state index is 14.7. The molecule has 0 bridgehead atoms. The average molecular weight is 373 g/mol. The number of ether oxygens (including phenoxy) is 2. The predicted molar refractivity (Wildman–Crippen MR) is 90.7 cm³/mol. The molecule has 1 amide bonds. The van der Waals surface area contributed by atoms with Crippen LogP contribution in [0.5, 0.6) is 0 Å². The third kappa shape index (κ3) is 4.27. The first-order chi connectivity index (χ1) is 11.8. The number of rotatable bonds is 1. The van der Waals surface area contributed by atoms with Gasteiger partial charge < -0.3 is 15.2 Å². The summed E-state index contributed by atoms with van der Waals surface area (Å²) in [6.07, 6.45) is -0.875. The fraction of sp³-hybridized carbons (Fsp3) is 0.529. The van der Waals surface area contributed by atoms with Crippen LogP contribution < -0.4 is 11.1 Å². The molecule has 0 aliphatic carbocycles. The van der Waals surface area contributed by atoms with Gasteiger partial charge in [0.2, 0.25) is 0 Å². The van der Waals surface area contributed by atoms with Gasteiger partial charge in [0.15, 0.2) is 5.54 Å². The number of nitrogens with zero attached hydrogens (tertiary/aromatic N) is 1. The summed E-state index contributed by atoms with van der Waals surface area (Å²) < 4.78 is 53.7. The van der Waals surface area contributed by atoms with Gasteiger partial charge in [-0.1, -0.05) is 0 Å². The number of amidine groups is 1. The Hall–Kier alpha value is -2.29. The van der Waals surface area contributed by atoms with E-state index in [2.05, 4.69) is 10.3 Å². The van der Waals surface area contributed by atoms with Crippen molar-refractivity contribution < 1.29 is 27.4 Å². The molecule has 1 aliphatic rings. The van der Waals surface area contributed by atoms with E-state index in [0.29, 0.717) is 0 Å². The third-order valence-corrected chi connectivity index (χ3v) is 3.75. The highest BCUT2D eigenvalue weighted by atomic mass is 19.3. The molecular formula is C17H22F3N3O3. The molecule has 0 fully saturated rings. The summed E-state index contributed by atoms with van der Waals surface area (Å²) in [4.78, 5) is 15.9. The SMILES string of the molecule is CC(C)(C)OC(=O)NC1=N[C@@](C)(c2cc(N)ccc2F)C(F)(F)COC1. The quantitative estimate of drug-likeness (QED) is 0.740. The largest absolute Gasteiger partial charge is 0.444 e. The first-order valence-electron chi connectivity index (χ1n) is 7.94. The van der Waals surface area contributed by atoms with Crippen LogP contribution in [0.2, 0.25) is 0 Å². The van der Waals surface area contributed by atoms with Crippen molar-refractivity contribution >= 4 is 17.6 Å². The van der Waals surface area contributed by atoms with Gasteiger partial charge in [0.25, 0.3) is 5.92 Å². The Bertz CT molecular complexity index is 732. The van der Waals surface area contributed by atoms with E-state index in [1.165, 1.54) is 6.07 Å². The van der Waals surface area contributed by atoms with Crippen LogP contribution in [0.4, 0.5) is 23.7 Å². The predicted octanol–water partition coefficient (Wildman–Crippen LogP) is 3.21. The minimum absolute atomic E-state index is 0.112. The standard InChI is InChI=1S/C17H22F3N3O3/c1-15(2,3)26-14(24)22-13-8-25-9-17(19,20)16(4,23-13)11-7-10(21)5-6-12(11)18/h5-7H,8-9,21H2,1-4H3,(H,22,23,24)/t16-/m0/s1. The Morgan fingerprint density at radius 3 is 2.65 bits per heavy atom. The number of carbonyl (C=O) groups is 1. The fourth-order valence-electron chi connectivity index (χ4n) is 2.46. The Labute approximate surface area is 149 Å². The van der Waals surface area contributed by atoms with E-state index in [4.69, 9.17) is 15.2 Å². The molecule has 0 radical (unpaired) electrons. The van der Waals surface area contributed by atoms with Gasteiger partial charge in [-0.15, -0.1) is 0 Å². The second-order valence-electron chi connectivity index (χ2n) is 7.19. The van der Waals surface area contributed by atoms with E-state index in [0.717, 1.165) is 19.1 Å². The van der Waals surface area contributed by atoms with Crippen molar-refractivity contribution in [1.82, 2.24) is 5.32 Å². The molecule has 9 heteroatoms. The third-order valence-electron chi connectivity index (χ3n) is 3.75. The lowest BCUT2D eigenvalue weighted by Crippen LogP contribution is -2.45. The lowest BCUT2D eigenvalue weighted by Gasteiger charge is -2.33. The number of aliphatic imine (C=N–C) groups is 1. The summed E-state index contributed by atoms with van der Waals surface area (Å²) >= 11 is 0. The Balaban J connectivity index is 2.45. The first-order valence-corrected chi connectivity index (χ1v) is 7.94. The zero-order valence-electron chi connectivity index (χ0n) is 15.0. The Kier molecular flexibility index (Phi) is 5.23. The minimum Gasteiger partial charge on any atom is -0.444 e. The molecule has 1 atom stereocenters. The summed E-state index contributed by atoms with van der Waals surface area (Å²) in [6.45, 7) is 4.64. The number of halogens is 3. The number of benzene rings is 1. The molecule has 0 saturated heterocycles. The van der Waals surface area contributed by atoms with Crippen molar-refractivity contribution in [2.75, 3.05) is 18.9 Å². The molecule has 3 N–H and O–H groups in total. The number of nitrogens with one attached hydrogen (secondary N) is 1. The number of alkyl carbamates (subject to hydrolysis) is 1. The second kappa shape index (κ2) is 6.79. The molecule has 1 aliphatic heterocycles. The number of nitrogen functional groups attached to an aromatic ring is 1. The van der Waals surface area contributed by atoms with Gasteiger partial charge in [0.05, 0.1) is 0 Å². The number of carbonyl (C=O) groups excluding carboxylic acids is 1. The monoisotopic (exact) mass is 373 g/mol. The van der Waals surface area contributed by atoms with Crippen LogP contribution in [0.3, 0.4) is 0 Å². The van der Waals surface area contributed by atoms with Crippen LogP contribution in [0.25, 0.3) is 0 Å². The molecule has 0 saturated carbocycles. The van der Waals surface area contributed by atoms with E-state index in [1.54, 1.807) is 20.8 Å². The van der Waals surface area contributed by atoms with Crippen LogP contribution in [0.1, 0.15) is 33.3 Å². The van der Waals surface area contributed by atoms with Gasteiger partial charge in [0.1, 0.15) is 30.5 Å². The van der Waals surface area contributed by atoms with E-state index < -0.39 is 41.1 Å². The number of hydrogen-bond donors (Lipinski definition) is 2. The maximum Gasteiger partial charge on any atom is 0.413 e. The topological polar surface area (TPSA) is 85.9 Å². The summed E-state index contributed by atoms with van der Waals surface area (Å²) in [7, 11) is 0. The van der Waals surface area contributed by atoms with Crippen molar-refractivity contribution in [3.63, 3.8) is 0 Å². The van der Waals surface area contributed by atoms with Crippen molar-refractivity contribution in [3.8, 4) is 0 Å². The first kappa shape index (κ1) is 20.0. The zero-order valence-corrected chi connectivity index (χ0v) is 15.0. The van der Waals surface area contributed by atoms with Crippen molar-refractivity contribution in [2.45, 2.75) is 44.8 Å². The van der Waals surface area contributed by atoms with Crippen LogP contribution >= 0.6 is 0 Å². The van der Waals surface area contributed by atoms with E-state index in [9.17, 15) is 18.0 Å². The number of amides is 1. The molecule has 2 rings (SSSR count). The van der Waals surface area contributed by atoms with E-state index in [1.807, 2.05) is 0 Å². The lowest BCUT2D eigenvalue weighted by molar-refractivity contribution is -0.116. The molecule has 0 spiro atoms. The average Bonchev–Trinajstić information content (AvgIpc) is 2.57. The van der Waals surface area contributed by atoms with Crippen LogP contribution in [-0.2, 0) is 15.0 Å². The van der Waals surface area contributed by atoms with Crippen LogP contribution in [0, 0.1) is 5.82 Å². The zero-order chi connectivity index (χ0) is 19.8. The van der Waals surface area contributed by atoms with Gasteiger partial charge in [-0.25, -0.2) is 18.0 Å². The fourth-order valence-corrected chi connectivity index (χ4v) is 2.46. The smallest absolute Gasteiger partial charge is 0.413 e. The molecule has 0 unspecified atom stereocenters. The normalized spacial score (nSPS) is 23.0.